The maximum atomic E-state index is 8.51. The van der Waals surface area contributed by atoms with Crippen LogP contribution >= 0.6 is 11.8 Å². The summed E-state index contributed by atoms with van der Waals surface area (Å²) in [4.78, 5) is 3.90. The molecule has 0 heterocycles. The Morgan fingerprint density at radius 3 is 2.50 bits per heavy atom. The van der Waals surface area contributed by atoms with Crippen LogP contribution in [0.5, 0.6) is 0 Å². The van der Waals surface area contributed by atoms with Crippen molar-refractivity contribution in [1.29, 1.82) is 10.5 Å². The first-order valence-corrected chi connectivity index (χ1v) is 4.33. The largest absolute Gasteiger partial charge is 0.267 e. The number of terminal acetylenes is 1. The van der Waals surface area contributed by atoms with Crippen molar-refractivity contribution in [3.05, 3.63) is 0 Å². The molecule has 0 aliphatic carbocycles. The number of rotatable bonds is 2. The minimum atomic E-state index is -0.784. The van der Waals surface area contributed by atoms with Crippen molar-refractivity contribution in [2.45, 2.75) is 0 Å². The molecule has 0 saturated carbocycles. The first-order valence-electron chi connectivity index (χ1n) is 3.11. The lowest BCUT2D eigenvalue weighted by Gasteiger charge is -1.99. The molecule has 0 aromatic carbocycles. The molecule has 0 bridgehead atoms. The monoisotopic (exact) mass is 177 g/mol. The average molecular weight is 177 g/mol. The Morgan fingerprint density at radius 2 is 2.17 bits per heavy atom. The van der Waals surface area contributed by atoms with Crippen molar-refractivity contribution < 1.29 is 0 Å². The molecule has 12 heavy (non-hydrogen) atoms. The Hall–Kier alpha value is -1.44. The van der Waals surface area contributed by atoms with Crippen LogP contribution in [0.1, 0.15) is 0 Å². The van der Waals surface area contributed by atoms with Gasteiger partial charge in [-0.3, -0.25) is 4.99 Å². The number of hydrogen-bond donors (Lipinski definition) is 0. The molecule has 4 heteroatoms. The van der Waals surface area contributed by atoms with E-state index in [1.54, 1.807) is 6.26 Å². The van der Waals surface area contributed by atoms with Gasteiger partial charge in [-0.25, -0.2) is 0 Å². The summed E-state index contributed by atoms with van der Waals surface area (Å²) >= 11 is 1.28. The third-order valence-electron chi connectivity index (χ3n) is 1.04. The van der Waals surface area contributed by atoms with Gasteiger partial charge in [-0.05, 0) is 6.26 Å². The SMILES string of the molecule is C#CCN=C(SC)C(C#N)C#N. The molecule has 0 fully saturated rings. The number of nitriles is 2. The zero-order chi connectivity index (χ0) is 9.40. The normalized spacial score (nSPS) is 10.1. The summed E-state index contributed by atoms with van der Waals surface area (Å²) in [6.07, 6.45) is 6.74. The van der Waals surface area contributed by atoms with Gasteiger partial charge in [-0.2, -0.15) is 10.5 Å². The van der Waals surface area contributed by atoms with Gasteiger partial charge in [0.05, 0.1) is 12.1 Å². The number of nitrogens with zero attached hydrogens (tertiary/aromatic N) is 3. The van der Waals surface area contributed by atoms with Crippen LogP contribution in [0, 0.1) is 40.9 Å². The highest BCUT2D eigenvalue weighted by Crippen LogP contribution is 2.08. The van der Waals surface area contributed by atoms with Gasteiger partial charge in [-0.1, -0.05) is 5.92 Å². The molecule has 0 atom stereocenters. The molecule has 0 amide bonds. The van der Waals surface area contributed by atoms with Gasteiger partial charge in [0.15, 0.2) is 5.92 Å². The number of aliphatic imine (C=N–C) groups is 1. The first kappa shape index (κ1) is 10.6. The summed E-state index contributed by atoms with van der Waals surface area (Å²) in [7, 11) is 0. The van der Waals surface area contributed by atoms with Crippen molar-refractivity contribution in [3.63, 3.8) is 0 Å². The van der Waals surface area contributed by atoms with Crippen LogP contribution in [0.2, 0.25) is 0 Å². The topological polar surface area (TPSA) is 59.9 Å². The van der Waals surface area contributed by atoms with Crippen molar-refractivity contribution >= 4 is 16.8 Å². The Morgan fingerprint density at radius 1 is 1.58 bits per heavy atom. The average Bonchev–Trinajstić information content (AvgIpc) is 2.12. The molecule has 0 aromatic heterocycles. The Balaban J connectivity index is 4.48. The smallest absolute Gasteiger partial charge is 0.180 e. The maximum Gasteiger partial charge on any atom is 0.180 e. The van der Waals surface area contributed by atoms with Gasteiger partial charge < -0.3 is 0 Å². The predicted molar refractivity (Wildman–Crippen MR) is 49.4 cm³/mol. The first-order chi connectivity index (χ1) is 5.79. The number of hydrogen-bond acceptors (Lipinski definition) is 4. The van der Waals surface area contributed by atoms with E-state index in [1.165, 1.54) is 11.8 Å². The van der Waals surface area contributed by atoms with E-state index in [0.717, 1.165) is 0 Å². The zero-order valence-electron chi connectivity index (χ0n) is 6.61. The summed E-state index contributed by atoms with van der Waals surface area (Å²) in [5.41, 5.74) is 0. The molecule has 0 rings (SSSR count). The molecule has 0 aliphatic heterocycles. The van der Waals surface area contributed by atoms with Crippen LogP contribution in [-0.4, -0.2) is 17.8 Å². The molecule has 3 nitrogen and oxygen atoms in total. The van der Waals surface area contributed by atoms with Crippen LogP contribution in [0.3, 0.4) is 0 Å². The van der Waals surface area contributed by atoms with Crippen molar-refractivity contribution in [2.75, 3.05) is 12.8 Å². The van der Waals surface area contributed by atoms with Crippen LogP contribution in [0.4, 0.5) is 0 Å². The third-order valence-corrected chi connectivity index (χ3v) is 1.82. The van der Waals surface area contributed by atoms with Gasteiger partial charge >= 0.3 is 0 Å². The van der Waals surface area contributed by atoms with E-state index in [0.29, 0.717) is 5.04 Å². The van der Waals surface area contributed by atoms with Crippen LogP contribution < -0.4 is 0 Å². The van der Waals surface area contributed by atoms with E-state index < -0.39 is 5.92 Å². The third kappa shape index (κ3) is 3.10. The minimum absolute atomic E-state index is 0.218. The van der Waals surface area contributed by atoms with E-state index in [9.17, 15) is 0 Å². The fourth-order valence-corrected chi connectivity index (χ4v) is 1.07. The molecule has 0 N–H and O–H groups in total. The fraction of sp³-hybridized carbons (Fsp3) is 0.375. The Labute approximate surface area is 76.1 Å². The standard InChI is InChI=1S/C8H7N3S/c1-3-4-11-8(12-2)7(5-9)6-10/h1,7H,4H2,2H3. The lowest BCUT2D eigenvalue weighted by atomic mass is 10.2. The molecule has 0 saturated heterocycles. The molecular formula is C8H7N3S. The second kappa shape index (κ2) is 6.28. The summed E-state index contributed by atoms with van der Waals surface area (Å²) in [6, 6.07) is 3.66. The summed E-state index contributed by atoms with van der Waals surface area (Å²) in [5.74, 6) is 1.53. The van der Waals surface area contributed by atoms with Crippen molar-refractivity contribution in [2.24, 2.45) is 10.9 Å². The predicted octanol–water partition coefficient (Wildman–Crippen LogP) is 1.04. The van der Waals surface area contributed by atoms with Gasteiger partial charge in [0, 0.05) is 0 Å². The highest BCUT2D eigenvalue weighted by molar-refractivity contribution is 8.13. The van der Waals surface area contributed by atoms with E-state index in [2.05, 4.69) is 10.9 Å². The van der Waals surface area contributed by atoms with Crippen LogP contribution in [0.15, 0.2) is 4.99 Å². The van der Waals surface area contributed by atoms with E-state index in [1.807, 2.05) is 12.1 Å². The molecule has 0 spiro atoms. The van der Waals surface area contributed by atoms with Gasteiger partial charge in [0.1, 0.15) is 11.6 Å². The summed E-state index contributed by atoms with van der Waals surface area (Å²) in [6.45, 7) is 0.218. The minimum Gasteiger partial charge on any atom is -0.267 e. The second-order valence-corrected chi connectivity index (χ2v) is 2.58. The Bertz CT molecular complexity index is 273. The van der Waals surface area contributed by atoms with Gasteiger partial charge in [0.25, 0.3) is 0 Å². The van der Waals surface area contributed by atoms with Crippen LogP contribution in [-0.2, 0) is 0 Å². The zero-order valence-corrected chi connectivity index (χ0v) is 7.43. The summed E-state index contributed by atoms with van der Waals surface area (Å²) < 4.78 is 0. The van der Waals surface area contributed by atoms with Gasteiger partial charge in [0.2, 0.25) is 0 Å². The second-order valence-electron chi connectivity index (χ2n) is 1.75. The van der Waals surface area contributed by atoms with Gasteiger partial charge in [-0.15, -0.1) is 18.2 Å². The molecule has 0 radical (unpaired) electrons. The molecule has 0 unspecified atom stereocenters. The molecule has 0 aliphatic rings. The Kier molecular flexibility index (Phi) is 5.53. The maximum absolute atomic E-state index is 8.51. The highest BCUT2D eigenvalue weighted by atomic mass is 32.2. The molecule has 60 valence electrons. The van der Waals surface area contributed by atoms with Crippen molar-refractivity contribution in [3.8, 4) is 24.5 Å². The highest BCUT2D eigenvalue weighted by Gasteiger charge is 2.12. The van der Waals surface area contributed by atoms with Crippen molar-refractivity contribution in [1.82, 2.24) is 0 Å². The quantitative estimate of drug-likeness (QED) is 0.360. The van der Waals surface area contributed by atoms with E-state index in [4.69, 9.17) is 16.9 Å². The van der Waals surface area contributed by atoms with E-state index in [-0.39, 0.29) is 6.54 Å². The molecule has 0 aromatic rings. The molecular weight excluding hydrogens is 170 g/mol. The number of thioether (sulfide) groups is 1. The summed E-state index contributed by atoms with van der Waals surface area (Å²) in [5, 5.41) is 17.5. The fourth-order valence-electron chi connectivity index (χ4n) is 0.537. The lowest BCUT2D eigenvalue weighted by molar-refractivity contribution is 1.14. The van der Waals surface area contributed by atoms with Crippen LogP contribution in [0.25, 0.3) is 0 Å². The lowest BCUT2D eigenvalue weighted by Crippen LogP contribution is -2.06. The van der Waals surface area contributed by atoms with E-state index >= 15 is 0 Å².